The van der Waals surface area contributed by atoms with Gasteiger partial charge in [-0.25, -0.2) is 0 Å². The van der Waals surface area contributed by atoms with E-state index in [1.54, 1.807) is 13.0 Å². The summed E-state index contributed by atoms with van der Waals surface area (Å²) in [6.45, 7) is 5.14. The summed E-state index contributed by atoms with van der Waals surface area (Å²) in [7, 11) is 0. The van der Waals surface area contributed by atoms with E-state index in [9.17, 15) is 4.79 Å². The number of alkyl halides is 6. The first-order valence-electron chi connectivity index (χ1n) is 5.50. The molecule has 0 aliphatic heterocycles. The molecule has 120 valence electrons. The molecule has 0 aromatic heterocycles. The number of halogens is 6. The highest BCUT2D eigenvalue weighted by Crippen LogP contribution is 2.48. The predicted octanol–water partition coefficient (Wildman–Crippen LogP) is 5.38. The Morgan fingerprint density at radius 3 is 1.55 bits per heavy atom. The van der Waals surface area contributed by atoms with E-state index >= 15 is 0 Å². The second kappa shape index (κ2) is 13.5. The van der Waals surface area contributed by atoms with Crippen LogP contribution in [0.25, 0.3) is 0 Å². The third-order valence-corrected chi connectivity index (χ3v) is 3.96. The zero-order chi connectivity index (χ0) is 17.0. The number of aliphatic hydroxyl groups excluding tert-OH is 1. The Morgan fingerprint density at radius 1 is 1.20 bits per heavy atom. The van der Waals surface area contributed by atoms with Crippen molar-refractivity contribution in [2.45, 2.75) is 53.7 Å². The lowest BCUT2D eigenvalue weighted by atomic mass is 10.2. The molecule has 0 bridgehead atoms. The van der Waals surface area contributed by atoms with Gasteiger partial charge in [0.2, 0.25) is 7.59 Å². The second-order valence-electron chi connectivity index (χ2n) is 3.61. The van der Waals surface area contributed by atoms with E-state index in [2.05, 4.69) is 6.92 Å². The number of hydrogen-bond donors (Lipinski definition) is 1. The molecule has 0 aromatic rings. The first kappa shape index (κ1) is 25.8. The molecule has 0 aliphatic rings. The molecule has 9 heteroatoms. The molecule has 0 amide bonds. The van der Waals surface area contributed by atoms with Crippen LogP contribution in [0.3, 0.4) is 0 Å². The monoisotopic (exact) mass is 405 g/mol. The summed E-state index contributed by atoms with van der Waals surface area (Å²) in [6.07, 6.45) is 2.13. The Balaban J connectivity index is -0.000000223. The van der Waals surface area contributed by atoms with Crippen LogP contribution in [-0.4, -0.2) is 24.6 Å². The van der Waals surface area contributed by atoms with E-state index in [0.717, 1.165) is 19.3 Å². The number of aliphatic hydroxyl groups is 1. The third kappa shape index (κ3) is 23.9. The molecule has 0 fully saturated rings. The van der Waals surface area contributed by atoms with Crippen molar-refractivity contribution < 1.29 is 9.90 Å². The van der Waals surface area contributed by atoms with Gasteiger partial charge in [-0.05, 0) is 20.3 Å². The molecule has 20 heavy (non-hydrogen) atoms. The predicted molar refractivity (Wildman–Crippen MR) is 88.1 cm³/mol. The zero-order valence-electron chi connectivity index (χ0n) is 11.3. The van der Waals surface area contributed by atoms with Gasteiger partial charge in [0.05, 0.1) is 6.07 Å². The second-order valence-corrected chi connectivity index (χ2v) is 8.17. The van der Waals surface area contributed by atoms with Gasteiger partial charge in [0, 0.05) is 6.42 Å². The maximum atomic E-state index is 10.2. The maximum absolute atomic E-state index is 10.2. The van der Waals surface area contributed by atoms with Crippen LogP contribution in [0.2, 0.25) is 0 Å². The smallest absolute Gasteiger partial charge is 0.236 e. The Kier molecular flexibility index (Phi) is 17.4. The Bertz CT molecular complexity index is 279. The van der Waals surface area contributed by atoms with Crippen LogP contribution in [0.4, 0.5) is 0 Å². The molecular weight excluding hydrogens is 391 g/mol. The standard InChI is InChI=1S/C6H12O.C3H5NO.C2Cl6/c1-3-4-5-6(2)7;1-3(5)2-4;3-1(4,5)2(6,7)8/h3-5H2,1-2H3;3,5H,1H3;. The van der Waals surface area contributed by atoms with Gasteiger partial charge in [-0.3, -0.25) is 0 Å². The van der Waals surface area contributed by atoms with Crippen molar-refractivity contribution in [3.8, 4) is 6.07 Å². The minimum absolute atomic E-state index is 0.307. The van der Waals surface area contributed by atoms with Gasteiger partial charge >= 0.3 is 0 Å². The molecule has 0 saturated heterocycles. The van der Waals surface area contributed by atoms with Gasteiger partial charge in [0.25, 0.3) is 0 Å². The first-order chi connectivity index (χ1) is 8.79. The first-order valence-corrected chi connectivity index (χ1v) is 7.76. The van der Waals surface area contributed by atoms with E-state index in [-0.39, 0.29) is 0 Å². The average molecular weight is 408 g/mol. The summed E-state index contributed by atoms with van der Waals surface area (Å²) in [5.41, 5.74) is 0. The Hall–Kier alpha value is 0.860. The van der Waals surface area contributed by atoms with Crippen LogP contribution in [0.1, 0.15) is 40.0 Å². The van der Waals surface area contributed by atoms with E-state index in [1.807, 2.05) is 0 Å². The van der Waals surface area contributed by atoms with Crippen molar-refractivity contribution in [3.05, 3.63) is 0 Å². The number of unbranched alkanes of at least 4 members (excludes halogenated alkanes) is 1. The molecule has 0 saturated carbocycles. The number of nitrogens with zero attached hydrogens (tertiary/aromatic N) is 1. The van der Waals surface area contributed by atoms with Gasteiger partial charge < -0.3 is 9.90 Å². The van der Waals surface area contributed by atoms with E-state index < -0.39 is 13.7 Å². The third-order valence-electron chi connectivity index (χ3n) is 1.39. The fourth-order valence-electron chi connectivity index (χ4n) is 0.426. The fourth-order valence-corrected chi connectivity index (χ4v) is 0.426. The molecule has 0 aromatic carbocycles. The number of ketones is 1. The van der Waals surface area contributed by atoms with Crippen LogP contribution in [0, 0.1) is 11.3 Å². The highest BCUT2D eigenvalue weighted by atomic mass is 35.6. The molecule has 0 spiro atoms. The van der Waals surface area contributed by atoms with Crippen molar-refractivity contribution in [2.75, 3.05) is 0 Å². The summed E-state index contributed by atoms with van der Waals surface area (Å²) >= 11 is 30.9. The number of carbonyl (C=O) groups excluding carboxylic acids is 1. The molecule has 1 atom stereocenters. The van der Waals surface area contributed by atoms with Crippen LogP contribution < -0.4 is 0 Å². The van der Waals surface area contributed by atoms with Crippen LogP contribution in [0.15, 0.2) is 0 Å². The van der Waals surface area contributed by atoms with Gasteiger partial charge in [-0.1, -0.05) is 83.0 Å². The van der Waals surface area contributed by atoms with Crippen molar-refractivity contribution in [3.63, 3.8) is 0 Å². The van der Waals surface area contributed by atoms with Gasteiger partial charge in [0.1, 0.15) is 11.9 Å². The lowest BCUT2D eigenvalue weighted by Gasteiger charge is -2.19. The minimum atomic E-state index is -1.85. The highest BCUT2D eigenvalue weighted by Gasteiger charge is 2.43. The van der Waals surface area contributed by atoms with Crippen molar-refractivity contribution >= 4 is 75.4 Å². The fraction of sp³-hybridized carbons (Fsp3) is 0.818. The number of nitriles is 1. The molecular formula is C11H17Cl6NO2. The molecule has 0 rings (SSSR count). The summed E-state index contributed by atoms with van der Waals surface area (Å²) in [5.74, 6) is 0.307. The average Bonchev–Trinajstić information content (AvgIpc) is 2.25. The minimum Gasteiger partial charge on any atom is -0.378 e. The van der Waals surface area contributed by atoms with Gasteiger partial charge in [-0.2, -0.15) is 5.26 Å². The molecule has 3 nitrogen and oxygen atoms in total. The molecule has 0 radical (unpaired) electrons. The van der Waals surface area contributed by atoms with Crippen LogP contribution >= 0.6 is 69.6 Å². The van der Waals surface area contributed by atoms with E-state index in [0.29, 0.717) is 5.78 Å². The largest absolute Gasteiger partial charge is 0.378 e. The summed E-state index contributed by atoms with van der Waals surface area (Å²) in [4.78, 5) is 10.2. The van der Waals surface area contributed by atoms with Crippen molar-refractivity contribution in [2.24, 2.45) is 0 Å². The number of Topliss-reactive ketones (excluding diaryl/α,β-unsaturated/α-hetero) is 1. The van der Waals surface area contributed by atoms with Crippen molar-refractivity contribution in [1.82, 2.24) is 0 Å². The molecule has 0 aliphatic carbocycles. The number of rotatable bonds is 3. The summed E-state index contributed by atoms with van der Waals surface area (Å²) in [5, 5.41) is 15.6. The SMILES string of the molecule is CC(O)C#N.CCCCC(C)=O.ClC(Cl)(Cl)C(Cl)(Cl)Cl. The lowest BCUT2D eigenvalue weighted by Crippen LogP contribution is -2.23. The lowest BCUT2D eigenvalue weighted by molar-refractivity contribution is -0.117. The maximum Gasteiger partial charge on any atom is 0.236 e. The van der Waals surface area contributed by atoms with E-state index in [4.69, 9.17) is 80.0 Å². The van der Waals surface area contributed by atoms with Gasteiger partial charge in [0.15, 0.2) is 0 Å². The van der Waals surface area contributed by atoms with E-state index in [1.165, 1.54) is 6.92 Å². The Labute approximate surface area is 150 Å². The number of hydrogen-bond acceptors (Lipinski definition) is 3. The van der Waals surface area contributed by atoms with Crippen LogP contribution in [0.5, 0.6) is 0 Å². The topological polar surface area (TPSA) is 61.1 Å². The Morgan fingerprint density at radius 2 is 1.50 bits per heavy atom. The highest BCUT2D eigenvalue weighted by molar-refractivity contribution is 6.83. The molecule has 1 unspecified atom stereocenters. The normalized spacial score (nSPS) is 12.1. The summed E-state index contributed by atoms with van der Waals surface area (Å²) in [6, 6.07) is 1.58. The molecule has 1 N–H and O–H groups in total. The van der Waals surface area contributed by atoms with Crippen molar-refractivity contribution in [1.29, 1.82) is 5.26 Å². The van der Waals surface area contributed by atoms with Gasteiger partial charge in [-0.15, -0.1) is 0 Å². The molecule has 0 heterocycles. The number of carbonyl (C=O) groups is 1. The summed E-state index contributed by atoms with van der Waals surface area (Å²) < 4.78 is -3.70. The quantitative estimate of drug-likeness (QED) is 0.504. The zero-order valence-corrected chi connectivity index (χ0v) is 15.8. The van der Waals surface area contributed by atoms with Crippen LogP contribution in [-0.2, 0) is 4.79 Å².